The maximum absolute atomic E-state index is 12.8. The van der Waals surface area contributed by atoms with Crippen molar-refractivity contribution < 1.29 is 18.8 Å². The highest BCUT2D eigenvalue weighted by molar-refractivity contribution is 5.99. The topological polar surface area (TPSA) is 118 Å². The number of rotatable bonds is 7. The van der Waals surface area contributed by atoms with Crippen LogP contribution in [-0.4, -0.2) is 41.1 Å². The van der Waals surface area contributed by atoms with Crippen LogP contribution in [0.15, 0.2) is 53.2 Å². The van der Waals surface area contributed by atoms with Gasteiger partial charge in [-0.25, -0.2) is 4.79 Å². The summed E-state index contributed by atoms with van der Waals surface area (Å²) in [6.07, 6.45) is 3.85. The molecule has 0 spiro atoms. The smallest absolute Gasteiger partial charge is 0.324 e. The monoisotopic (exact) mass is 477 g/mol. The van der Waals surface area contributed by atoms with Crippen molar-refractivity contribution in [2.24, 2.45) is 0 Å². The Hall–Kier alpha value is -3.72. The number of ether oxygens (including phenoxy) is 1. The molecule has 0 radical (unpaired) electrons. The van der Waals surface area contributed by atoms with Crippen LogP contribution in [0.3, 0.4) is 0 Å². The molecule has 0 aliphatic carbocycles. The van der Waals surface area contributed by atoms with Gasteiger partial charge < -0.3 is 19.9 Å². The molecule has 1 aliphatic heterocycles. The fraction of sp³-hybridized carbons (Fsp3) is 0.385. The van der Waals surface area contributed by atoms with Gasteiger partial charge >= 0.3 is 6.03 Å². The molecule has 9 heteroatoms. The summed E-state index contributed by atoms with van der Waals surface area (Å²) < 4.78 is 11.3. The molecular formula is C26H31N5O4. The molecule has 2 aromatic heterocycles. The zero-order valence-corrected chi connectivity index (χ0v) is 20.3. The van der Waals surface area contributed by atoms with Gasteiger partial charge in [-0.05, 0) is 49.7 Å². The van der Waals surface area contributed by atoms with Gasteiger partial charge in [-0.1, -0.05) is 38.1 Å². The number of Topliss-reactive ketones (excluding diaryl/α,β-unsaturated/α-hetero) is 1. The van der Waals surface area contributed by atoms with Crippen LogP contribution >= 0.6 is 0 Å². The number of carbonyl (C=O) groups excluding carboxylic acids is 2. The lowest BCUT2D eigenvalue weighted by Gasteiger charge is -2.23. The summed E-state index contributed by atoms with van der Waals surface area (Å²) >= 11 is 0. The van der Waals surface area contributed by atoms with E-state index in [0.29, 0.717) is 28.7 Å². The van der Waals surface area contributed by atoms with Gasteiger partial charge in [0.15, 0.2) is 11.6 Å². The van der Waals surface area contributed by atoms with Crippen LogP contribution in [0.2, 0.25) is 0 Å². The first kappa shape index (κ1) is 24.4. The number of carbonyl (C=O) groups is 2. The van der Waals surface area contributed by atoms with Gasteiger partial charge in [0.05, 0.1) is 0 Å². The van der Waals surface area contributed by atoms with Crippen LogP contribution in [0.1, 0.15) is 55.4 Å². The highest BCUT2D eigenvalue weighted by Gasteiger charge is 2.20. The van der Waals surface area contributed by atoms with Crippen LogP contribution in [0.5, 0.6) is 5.75 Å². The molecule has 1 saturated heterocycles. The SMILES string of the molecule is CC(C)(C)c1cc(NC(=O)Nc2ccc(CC(=O)c3cc(OC4CCNCC4)ccn3)cc2)no1. The first-order valence-electron chi connectivity index (χ1n) is 11.8. The second-order valence-corrected chi connectivity index (χ2v) is 9.65. The zero-order valence-electron chi connectivity index (χ0n) is 20.3. The number of piperidine rings is 1. The molecule has 1 aliphatic rings. The van der Waals surface area contributed by atoms with E-state index in [1.165, 1.54) is 0 Å². The lowest BCUT2D eigenvalue weighted by molar-refractivity contribution is 0.0986. The summed E-state index contributed by atoms with van der Waals surface area (Å²) in [5.74, 6) is 1.59. The minimum absolute atomic E-state index is 0.0973. The summed E-state index contributed by atoms with van der Waals surface area (Å²) in [5, 5.41) is 12.6. The Morgan fingerprint density at radius 3 is 2.51 bits per heavy atom. The van der Waals surface area contributed by atoms with Crippen molar-refractivity contribution in [2.75, 3.05) is 23.7 Å². The Labute approximate surface area is 204 Å². The van der Waals surface area contributed by atoms with Crippen molar-refractivity contribution in [1.82, 2.24) is 15.5 Å². The summed E-state index contributed by atoms with van der Waals surface area (Å²) in [5.41, 5.74) is 1.58. The number of ketones is 1. The molecule has 184 valence electrons. The predicted molar refractivity (Wildman–Crippen MR) is 133 cm³/mol. The Kier molecular flexibility index (Phi) is 7.45. The number of aromatic nitrogens is 2. The number of nitrogens with one attached hydrogen (secondary N) is 3. The van der Waals surface area contributed by atoms with Gasteiger partial charge in [0.25, 0.3) is 0 Å². The standard InChI is InChI=1S/C26H31N5O4/c1-26(2,3)23-16-24(31-35-23)30-25(33)29-18-6-4-17(5-7-18)14-22(32)21-15-20(10-13-28-21)34-19-8-11-27-12-9-19/h4-7,10,13,15-16,19,27H,8-9,11-12,14H2,1-3H3,(H2,29,30,31,33). The summed E-state index contributed by atoms with van der Waals surface area (Å²) in [4.78, 5) is 29.3. The normalized spacial score (nSPS) is 14.4. The van der Waals surface area contributed by atoms with E-state index in [4.69, 9.17) is 9.26 Å². The van der Waals surface area contributed by atoms with E-state index >= 15 is 0 Å². The molecule has 4 rings (SSSR count). The molecule has 2 amide bonds. The molecule has 0 unspecified atom stereocenters. The fourth-order valence-corrected chi connectivity index (χ4v) is 3.69. The summed E-state index contributed by atoms with van der Waals surface area (Å²) in [7, 11) is 0. The number of urea groups is 1. The van der Waals surface area contributed by atoms with Gasteiger partial charge in [-0.15, -0.1) is 0 Å². The Morgan fingerprint density at radius 1 is 1.09 bits per heavy atom. The van der Waals surface area contributed by atoms with Crippen molar-refractivity contribution in [3.63, 3.8) is 0 Å². The van der Waals surface area contributed by atoms with Crippen molar-refractivity contribution in [2.45, 2.75) is 51.6 Å². The molecule has 0 atom stereocenters. The third kappa shape index (κ3) is 6.89. The molecule has 3 N–H and O–H groups in total. The molecule has 3 heterocycles. The maximum atomic E-state index is 12.8. The number of hydrogen-bond acceptors (Lipinski definition) is 7. The van der Waals surface area contributed by atoms with Gasteiger partial charge in [0, 0.05) is 35.9 Å². The van der Waals surface area contributed by atoms with E-state index in [9.17, 15) is 9.59 Å². The highest BCUT2D eigenvalue weighted by atomic mass is 16.5. The maximum Gasteiger partial charge on any atom is 0.324 e. The van der Waals surface area contributed by atoms with Crippen LogP contribution in [0.4, 0.5) is 16.3 Å². The number of anilines is 2. The van der Waals surface area contributed by atoms with Gasteiger partial charge in [0.1, 0.15) is 23.3 Å². The third-order valence-corrected chi connectivity index (χ3v) is 5.67. The molecule has 1 aromatic carbocycles. The minimum Gasteiger partial charge on any atom is -0.490 e. The van der Waals surface area contributed by atoms with E-state index in [-0.39, 0.29) is 23.7 Å². The molecule has 0 saturated carbocycles. The van der Waals surface area contributed by atoms with Crippen molar-refractivity contribution in [3.8, 4) is 5.75 Å². The highest BCUT2D eigenvalue weighted by Crippen LogP contribution is 2.24. The van der Waals surface area contributed by atoms with E-state index < -0.39 is 6.03 Å². The zero-order chi connectivity index (χ0) is 24.8. The summed E-state index contributed by atoms with van der Waals surface area (Å²) in [6.45, 7) is 7.87. The number of hydrogen-bond donors (Lipinski definition) is 3. The van der Waals surface area contributed by atoms with Crippen LogP contribution < -0.4 is 20.7 Å². The predicted octanol–water partition coefficient (Wildman–Crippen LogP) is 4.57. The largest absolute Gasteiger partial charge is 0.490 e. The van der Waals surface area contributed by atoms with Gasteiger partial charge in [-0.3, -0.25) is 15.1 Å². The quantitative estimate of drug-likeness (QED) is 0.427. The van der Waals surface area contributed by atoms with Gasteiger partial charge in [-0.2, -0.15) is 0 Å². The minimum atomic E-state index is -0.433. The van der Waals surface area contributed by atoms with E-state index in [0.717, 1.165) is 31.5 Å². The number of amides is 2. The second-order valence-electron chi connectivity index (χ2n) is 9.65. The third-order valence-electron chi connectivity index (χ3n) is 5.67. The number of nitrogens with zero attached hydrogens (tertiary/aromatic N) is 2. The van der Waals surface area contributed by atoms with E-state index in [1.807, 2.05) is 20.8 Å². The number of benzene rings is 1. The van der Waals surface area contributed by atoms with Gasteiger partial charge in [0.2, 0.25) is 0 Å². The molecular weight excluding hydrogens is 446 g/mol. The van der Waals surface area contributed by atoms with Crippen molar-refractivity contribution >= 4 is 23.3 Å². The van der Waals surface area contributed by atoms with Crippen LogP contribution in [0.25, 0.3) is 0 Å². The van der Waals surface area contributed by atoms with Crippen molar-refractivity contribution in [1.29, 1.82) is 0 Å². The molecule has 1 fully saturated rings. The first-order chi connectivity index (χ1) is 16.8. The second kappa shape index (κ2) is 10.7. The Bertz CT molecular complexity index is 1160. The van der Waals surface area contributed by atoms with E-state index in [2.05, 4.69) is 26.1 Å². The molecule has 35 heavy (non-hydrogen) atoms. The Balaban J connectivity index is 1.30. The molecule has 3 aromatic rings. The molecule has 0 bridgehead atoms. The average molecular weight is 478 g/mol. The van der Waals surface area contributed by atoms with Crippen LogP contribution in [0, 0.1) is 0 Å². The lowest BCUT2D eigenvalue weighted by Crippen LogP contribution is -2.34. The van der Waals surface area contributed by atoms with Crippen molar-refractivity contribution in [3.05, 3.63) is 65.7 Å². The fourth-order valence-electron chi connectivity index (χ4n) is 3.69. The van der Waals surface area contributed by atoms with Crippen LogP contribution in [-0.2, 0) is 11.8 Å². The summed E-state index contributed by atoms with van der Waals surface area (Å²) in [6, 6.07) is 11.9. The first-order valence-corrected chi connectivity index (χ1v) is 11.8. The Morgan fingerprint density at radius 2 is 1.83 bits per heavy atom. The average Bonchev–Trinajstić information content (AvgIpc) is 3.30. The van der Waals surface area contributed by atoms with E-state index in [1.54, 1.807) is 48.7 Å². The lowest BCUT2D eigenvalue weighted by atomic mass is 9.93. The number of pyridine rings is 1. The molecule has 9 nitrogen and oxygen atoms in total.